The average Bonchev–Trinajstić information content (AvgIpc) is 2.68. The Kier molecular flexibility index (Phi) is 6.11. The van der Waals surface area contributed by atoms with Crippen LogP contribution in [0.15, 0.2) is 60.0 Å². The van der Waals surface area contributed by atoms with Crippen molar-refractivity contribution in [3.8, 4) is 0 Å². The molecular formula is C19H23N5O. The fourth-order valence-corrected chi connectivity index (χ4v) is 2.82. The first-order valence-electron chi connectivity index (χ1n) is 8.55. The van der Waals surface area contributed by atoms with E-state index in [0.29, 0.717) is 6.42 Å². The second-order valence-corrected chi connectivity index (χ2v) is 5.99. The summed E-state index contributed by atoms with van der Waals surface area (Å²) in [5, 5.41) is 3.97. The second-order valence-electron chi connectivity index (χ2n) is 5.99. The monoisotopic (exact) mass is 337 g/mol. The molecule has 1 aliphatic heterocycles. The van der Waals surface area contributed by atoms with E-state index in [1.807, 2.05) is 18.2 Å². The molecule has 1 amide bonds. The third kappa shape index (κ3) is 5.39. The van der Waals surface area contributed by atoms with Gasteiger partial charge in [0.2, 0.25) is 5.91 Å². The zero-order valence-corrected chi connectivity index (χ0v) is 14.2. The molecule has 1 aromatic heterocycles. The zero-order chi connectivity index (χ0) is 17.3. The number of hydrogen-bond acceptors (Lipinski definition) is 5. The first-order chi connectivity index (χ1) is 12.3. The molecule has 1 aliphatic rings. The van der Waals surface area contributed by atoms with Crippen molar-refractivity contribution in [3.05, 3.63) is 60.4 Å². The molecule has 2 heterocycles. The van der Waals surface area contributed by atoms with Crippen molar-refractivity contribution in [1.82, 2.24) is 15.3 Å². The number of carbonyl (C=O) groups is 1. The topological polar surface area (TPSA) is 60.8 Å². The highest BCUT2D eigenvalue weighted by Gasteiger charge is 2.17. The van der Waals surface area contributed by atoms with Gasteiger partial charge in [0.1, 0.15) is 0 Å². The van der Waals surface area contributed by atoms with E-state index in [1.165, 1.54) is 5.69 Å². The molecule has 6 nitrogen and oxygen atoms in total. The maximum Gasteiger partial charge on any atom is 0.241 e. The van der Waals surface area contributed by atoms with Crippen molar-refractivity contribution in [2.24, 2.45) is 5.10 Å². The van der Waals surface area contributed by atoms with Crippen LogP contribution in [0.4, 0.5) is 5.69 Å². The fourth-order valence-electron chi connectivity index (χ4n) is 2.82. The third-order valence-corrected chi connectivity index (χ3v) is 4.24. The Hall–Kier alpha value is -2.73. The molecule has 1 N–H and O–H groups in total. The van der Waals surface area contributed by atoms with E-state index >= 15 is 0 Å². The van der Waals surface area contributed by atoms with Gasteiger partial charge in [0.25, 0.3) is 0 Å². The van der Waals surface area contributed by atoms with Crippen molar-refractivity contribution >= 4 is 17.8 Å². The Morgan fingerprint density at radius 1 is 1.12 bits per heavy atom. The van der Waals surface area contributed by atoms with Crippen LogP contribution < -0.4 is 10.3 Å². The predicted molar refractivity (Wildman–Crippen MR) is 99.7 cm³/mol. The minimum Gasteiger partial charge on any atom is -0.369 e. The Bertz CT molecular complexity index is 681. The molecule has 0 aliphatic carbocycles. The Morgan fingerprint density at radius 2 is 1.92 bits per heavy atom. The molecule has 6 heteroatoms. The summed E-state index contributed by atoms with van der Waals surface area (Å²) in [5.41, 5.74) is 4.70. The Labute approximate surface area is 148 Å². The smallest absolute Gasteiger partial charge is 0.241 e. The average molecular weight is 337 g/mol. The van der Waals surface area contributed by atoms with Gasteiger partial charge in [-0.1, -0.05) is 24.3 Å². The third-order valence-electron chi connectivity index (χ3n) is 4.24. The summed E-state index contributed by atoms with van der Waals surface area (Å²) in [6.45, 7) is 4.69. The summed E-state index contributed by atoms with van der Waals surface area (Å²) >= 11 is 0. The number of benzene rings is 1. The molecule has 0 spiro atoms. The van der Waals surface area contributed by atoms with E-state index in [9.17, 15) is 4.79 Å². The largest absolute Gasteiger partial charge is 0.369 e. The van der Waals surface area contributed by atoms with Crippen LogP contribution in [-0.2, 0) is 4.79 Å². The van der Waals surface area contributed by atoms with Crippen LogP contribution in [0, 0.1) is 0 Å². The molecule has 3 rings (SSSR count). The summed E-state index contributed by atoms with van der Waals surface area (Å²) in [5.74, 6) is -0.0642. The van der Waals surface area contributed by atoms with Crippen molar-refractivity contribution in [2.45, 2.75) is 6.42 Å². The van der Waals surface area contributed by atoms with Gasteiger partial charge in [0.05, 0.1) is 6.21 Å². The second kappa shape index (κ2) is 8.94. The van der Waals surface area contributed by atoms with Gasteiger partial charge in [-0.15, -0.1) is 0 Å². The number of carbonyl (C=O) groups excluding carboxylic acids is 1. The van der Waals surface area contributed by atoms with Crippen LogP contribution in [0.3, 0.4) is 0 Å². The quantitative estimate of drug-likeness (QED) is 0.644. The highest BCUT2D eigenvalue weighted by Crippen LogP contribution is 2.15. The number of piperazine rings is 1. The van der Waals surface area contributed by atoms with Crippen molar-refractivity contribution in [3.63, 3.8) is 0 Å². The zero-order valence-electron chi connectivity index (χ0n) is 14.2. The molecule has 1 fully saturated rings. The summed E-state index contributed by atoms with van der Waals surface area (Å²) in [7, 11) is 0. The van der Waals surface area contributed by atoms with Crippen molar-refractivity contribution in [2.75, 3.05) is 37.6 Å². The van der Waals surface area contributed by atoms with E-state index in [1.54, 1.807) is 18.6 Å². The molecule has 0 radical (unpaired) electrons. The first kappa shape index (κ1) is 17.1. The van der Waals surface area contributed by atoms with Crippen LogP contribution in [0.2, 0.25) is 0 Å². The molecule has 1 aromatic carbocycles. The van der Waals surface area contributed by atoms with Gasteiger partial charge < -0.3 is 4.90 Å². The Morgan fingerprint density at radius 3 is 2.64 bits per heavy atom. The van der Waals surface area contributed by atoms with Crippen LogP contribution in [0.1, 0.15) is 12.0 Å². The first-order valence-corrected chi connectivity index (χ1v) is 8.55. The lowest BCUT2D eigenvalue weighted by molar-refractivity contribution is -0.121. The van der Waals surface area contributed by atoms with Crippen LogP contribution in [-0.4, -0.2) is 54.7 Å². The number of nitrogens with zero attached hydrogens (tertiary/aromatic N) is 4. The maximum absolute atomic E-state index is 11.9. The molecule has 1 saturated heterocycles. The summed E-state index contributed by atoms with van der Waals surface area (Å²) in [6, 6.07) is 14.2. The molecule has 130 valence electrons. The number of para-hydroxylation sites is 1. The van der Waals surface area contributed by atoms with Crippen molar-refractivity contribution < 1.29 is 4.79 Å². The maximum atomic E-state index is 11.9. The molecule has 2 aromatic rings. The summed E-state index contributed by atoms with van der Waals surface area (Å²) in [4.78, 5) is 20.6. The normalized spacial score (nSPS) is 15.4. The van der Waals surface area contributed by atoms with E-state index in [4.69, 9.17) is 0 Å². The van der Waals surface area contributed by atoms with E-state index < -0.39 is 0 Å². The number of aromatic nitrogens is 1. The van der Waals surface area contributed by atoms with Gasteiger partial charge in [-0.2, -0.15) is 5.10 Å². The lowest BCUT2D eigenvalue weighted by Gasteiger charge is -2.36. The number of rotatable bonds is 6. The minimum atomic E-state index is -0.0642. The molecule has 0 bridgehead atoms. The molecular weight excluding hydrogens is 314 g/mol. The standard InChI is InChI=1S/C19H23N5O/c25-19(22-21-16-17-5-4-9-20-15-17)8-10-23-11-13-24(14-12-23)18-6-2-1-3-7-18/h1-7,9,15-16H,8,10-14H2,(H,22,25). The number of hydrazone groups is 1. The van der Waals surface area contributed by atoms with Gasteiger partial charge in [-0.05, 0) is 18.2 Å². The highest BCUT2D eigenvalue weighted by atomic mass is 16.2. The van der Waals surface area contributed by atoms with Crippen LogP contribution in [0.25, 0.3) is 0 Å². The number of amides is 1. The minimum absolute atomic E-state index is 0.0642. The molecule has 25 heavy (non-hydrogen) atoms. The molecule has 0 unspecified atom stereocenters. The van der Waals surface area contributed by atoms with Gasteiger partial charge in [-0.25, -0.2) is 5.43 Å². The number of nitrogens with one attached hydrogen (secondary N) is 1. The van der Waals surface area contributed by atoms with E-state index in [-0.39, 0.29) is 5.91 Å². The van der Waals surface area contributed by atoms with Crippen LogP contribution in [0.5, 0.6) is 0 Å². The van der Waals surface area contributed by atoms with Gasteiger partial charge in [0, 0.05) is 62.8 Å². The summed E-state index contributed by atoms with van der Waals surface area (Å²) in [6.07, 6.45) is 5.45. The number of hydrogen-bond donors (Lipinski definition) is 1. The van der Waals surface area contributed by atoms with Gasteiger partial charge >= 0.3 is 0 Å². The van der Waals surface area contributed by atoms with Crippen LogP contribution >= 0.6 is 0 Å². The van der Waals surface area contributed by atoms with E-state index in [0.717, 1.165) is 38.3 Å². The SMILES string of the molecule is O=C(CCN1CCN(c2ccccc2)CC1)NN=Cc1cccnc1. The van der Waals surface area contributed by atoms with Gasteiger partial charge in [0.15, 0.2) is 0 Å². The predicted octanol–water partition coefficient (Wildman–Crippen LogP) is 1.74. The Balaban J connectivity index is 1.35. The molecule has 0 atom stereocenters. The highest BCUT2D eigenvalue weighted by molar-refractivity contribution is 5.82. The lowest BCUT2D eigenvalue weighted by atomic mass is 10.2. The van der Waals surface area contributed by atoms with E-state index in [2.05, 4.69) is 49.6 Å². The van der Waals surface area contributed by atoms with Crippen molar-refractivity contribution in [1.29, 1.82) is 0 Å². The number of anilines is 1. The number of pyridine rings is 1. The lowest BCUT2D eigenvalue weighted by Crippen LogP contribution is -2.47. The fraction of sp³-hybridized carbons (Fsp3) is 0.316. The summed E-state index contributed by atoms with van der Waals surface area (Å²) < 4.78 is 0. The van der Waals surface area contributed by atoms with Gasteiger partial charge in [-0.3, -0.25) is 14.7 Å². The molecule has 0 saturated carbocycles.